The number of aliphatic imine (C=N–C) groups is 2. The predicted molar refractivity (Wildman–Crippen MR) is 225 cm³/mol. The Balaban J connectivity index is 0.000000209. The number of ether oxygens (including phenoxy) is 2. The Bertz CT molecular complexity index is 2330. The number of aliphatic hydroxyl groups excluding tert-OH is 1. The molecule has 318 valence electrons. The molecule has 1 fully saturated rings. The molecular weight excluding hydrogens is 937 g/mol. The lowest BCUT2D eigenvalue weighted by Gasteiger charge is -2.37. The molecule has 1 saturated heterocycles. The number of esters is 2. The van der Waals surface area contributed by atoms with Gasteiger partial charge in [-0.1, -0.05) is 51.3 Å². The Morgan fingerprint density at radius 2 is 1.35 bits per heavy atom. The molecule has 0 amide bonds. The Morgan fingerprint density at radius 3 is 1.77 bits per heavy atom. The largest absolute Gasteiger partial charge is 0.463 e. The van der Waals surface area contributed by atoms with Crippen molar-refractivity contribution < 1.29 is 41.7 Å². The molecule has 3 aliphatic heterocycles. The number of alkyl halides is 3. The third kappa shape index (κ3) is 10.4. The number of rotatable bonds is 11. The maximum Gasteiger partial charge on any atom is 0.338 e. The first kappa shape index (κ1) is 45.3. The van der Waals surface area contributed by atoms with E-state index in [9.17, 15) is 32.3 Å². The fourth-order valence-corrected chi connectivity index (χ4v) is 8.63. The van der Waals surface area contributed by atoms with Crippen LogP contribution in [0.25, 0.3) is 0 Å². The van der Waals surface area contributed by atoms with Gasteiger partial charge >= 0.3 is 11.9 Å². The van der Waals surface area contributed by atoms with E-state index in [4.69, 9.17) is 32.7 Å². The summed E-state index contributed by atoms with van der Waals surface area (Å²) in [5.74, 6) is -4.64. The topological polar surface area (TPSA) is 151 Å². The Kier molecular flexibility index (Phi) is 15.2. The minimum absolute atomic E-state index is 0.0583. The van der Waals surface area contributed by atoms with Crippen LogP contribution in [0.1, 0.15) is 53.5 Å². The van der Waals surface area contributed by atoms with E-state index in [1.54, 1.807) is 31.6 Å². The second-order valence-corrected chi connectivity index (χ2v) is 16.3. The van der Waals surface area contributed by atoms with Gasteiger partial charge in [0, 0.05) is 74.1 Å². The first-order valence-corrected chi connectivity index (χ1v) is 21.9. The normalized spacial score (nSPS) is 20.3. The number of carbonyl (C=O) groups is 2. The summed E-state index contributed by atoms with van der Waals surface area (Å²) >= 11 is 18.7. The number of likely N-dealkylation sites (tertiary alicyclic amines) is 1. The lowest BCUT2D eigenvalue weighted by atomic mass is 9.94. The summed E-state index contributed by atoms with van der Waals surface area (Å²) < 4.78 is 66.1. The minimum atomic E-state index is -3.29. The first-order chi connectivity index (χ1) is 28.7. The van der Waals surface area contributed by atoms with Gasteiger partial charge in [-0.25, -0.2) is 37.1 Å². The van der Waals surface area contributed by atoms with Crippen molar-refractivity contribution in [3.8, 4) is 0 Å². The Morgan fingerprint density at radius 1 is 0.867 bits per heavy atom. The molecule has 3 atom stereocenters. The van der Waals surface area contributed by atoms with Crippen molar-refractivity contribution in [3.63, 3.8) is 0 Å². The number of nitrogens with zero attached hydrogens (tertiary/aromatic N) is 5. The third-order valence-electron chi connectivity index (χ3n) is 9.18. The zero-order valence-electron chi connectivity index (χ0n) is 31.7. The molecule has 0 radical (unpaired) electrons. The number of piperidine rings is 1. The lowest BCUT2D eigenvalue weighted by Crippen LogP contribution is -2.53. The van der Waals surface area contributed by atoms with Gasteiger partial charge in [-0.15, -0.1) is 22.7 Å². The number of aromatic nitrogens is 2. The second kappa shape index (κ2) is 20.1. The summed E-state index contributed by atoms with van der Waals surface area (Å²) in [7, 11) is 0. The molecule has 0 aliphatic carbocycles. The van der Waals surface area contributed by atoms with Crippen LogP contribution in [0.3, 0.4) is 0 Å². The summed E-state index contributed by atoms with van der Waals surface area (Å²) in [5.41, 5.74) is 2.21. The van der Waals surface area contributed by atoms with Gasteiger partial charge in [0.1, 0.15) is 29.8 Å². The second-order valence-electron chi connectivity index (χ2n) is 13.2. The van der Waals surface area contributed by atoms with Crippen LogP contribution in [0.15, 0.2) is 92.1 Å². The summed E-state index contributed by atoms with van der Waals surface area (Å²) in [5, 5.41) is 21.2. The molecule has 0 saturated carbocycles. The van der Waals surface area contributed by atoms with Gasteiger partial charge in [-0.2, -0.15) is 0 Å². The van der Waals surface area contributed by atoms with Crippen LogP contribution in [-0.2, 0) is 19.1 Å². The summed E-state index contributed by atoms with van der Waals surface area (Å²) in [6.07, 6.45) is 1.42. The average Bonchev–Trinajstić information content (AvgIpc) is 3.95. The number of halogens is 7. The van der Waals surface area contributed by atoms with Crippen molar-refractivity contribution in [3.05, 3.63) is 125 Å². The molecule has 21 heteroatoms. The molecule has 0 spiro atoms. The van der Waals surface area contributed by atoms with Gasteiger partial charge in [-0.3, -0.25) is 14.9 Å². The monoisotopic (exact) mass is 971 g/mol. The lowest BCUT2D eigenvalue weighted by molar-refractivity contribution is -0.148. The zero-order chi connectivity index (χ0) is 43.1. The Labute approximate surface area is 368 Å². The van der Waals surface area contributed by atoms with E-state index in [1.165, 1.54) is 57.9 Å². The maximum absolute atomic E-state index is 14.2. The van der Waals surface area contributed by atoms with E-state index in [1.807, 2.05) is 5.38 Å². The molecule has 0 bridgehead atoms. The molecule has 7 rings (SSSR count). The molecule has 2 aromatic carbocycles. The van der Waals surface area contributed by atoms with Crippen LogP contribution in [0.2, 0.25) is 10.0 Å². The number of nitrogens with one attached hydrogen (secondary N) is 2. The van der Waals surface area contributed by atoms with Crippen LogP contribution in [0.4, 0.5) is 17.6 Å². The quantitative estimate of drug-likeness (QED) is 0.0773. The van der Waals surface area contributed by atoms with Gasteiger partial charge in [-0.05, 0) is 44.5 Å². The SMILES string of the molecule is CCOC(=O)C1=C(CBr)NC(c2nccs2)=N[C@@H]1c1ccc(F)cc1Cl.CCOC(=O)C1=C(CN2CCC(O)C(F)(F)C2)NC(c2nccs2)=N[C@@H]1c1ccc(F)cc1Cl. The molecule has 2 aromatic heterocycles. The highest BCUT2D eigenvalue weighted by Gasteiger charge is 2.44. The summed E-state index contributed by atoms with van der Waals surface area (Å²) in [6, 6.07) is 6.07. The van der Waals surface area contributed by atoms with Crippen LogP contribution in [0, 0.1) is 11.6 Å². The van der Waals surface area contributed by atoms with Crippen LogP contribution < -0.4 is 10.6 Å². The number of allylic oxidation sites excluding steroid dienone is 1. The Hall–Kier alpha value is -4.24. The van der Waals surface area contributed by atoms with E-state index in [0.717, 1.165) is 6.07 Å². The van der Waals surface area contributed by atoms with Crippen LogP contribution in [0.5, 0.6) is 0 Å². The van der Waals surface area contributed by atoms with Gasteiger partial charge in [0.05, 0.1) is 30.9 Å². The summed E-state index contributed by atoms with van der Waals surface area (Å²) in [6.45, 7) is 3.14. The fourth-order valence-electron chi connectivity index (χ4n) is 6.47. The smallest absolute Gasteiger partial charge is 0.338 e. The molecule has 3 N–H and O–H groups in total. The molecule has 12 nitrogen and oxygen atoms in total. The number of thiazole rings is 2. The predicted octanol–water partition coefficient (Wildman–Crippen LogP) is 7.78. The van der Waals surface area contributed by atoms with E-state index in [0.29, 0.717) is 55.1 Å². The number of benzene rings is 2. The number of carbonyl (C=O) groups excluding carboxylic acids is 2. The average molecular weight is 974 g/mol. The minimum Gasteiger partial charge on any atom is -0.463 e. The molecule has 3 aliphatic rings. The summed E-state index contributed by atoms with van der Waals surface area (Å²) in [4.78, 5) is 44.9. The number of amidine groups is 2. The van der Waals surface area contributed by atoms with Gasteiger partial charge in [0.25, 0.3) is 5.92 Å². The van der Waals surface area contributed by atoms with Gasteiger partial charge in [0.15, 0.2) is 21.7 Å². The zero-order valence-corrected chi connectivity index (χ0v) is 36.5. The van der Waals surface area contributed by atoms with Crippen LogP contribution in [-0.4, -0.2) is 93.8 Å². The molecule has 5 heterocycles. The van der Waals surface area contributed by atoms with Crippen molar-refractivity contribution in [1.29, 1.82) is 0 Å². The van der Waals surface area contributed by atoms with Crippen molar-refractivity contribution in [2.45, 2.75) is 44.4 Å². The van der Waals surface area contributed by atoms with E-state index in [-0.39, 0.29) is 48.3 Å². The van der Waals surface area contributed by atoms with Crippen molar-refractivity contribution in [2.24, 2.45) is 9.98 Å². The standard InChI is InChI=1S/C22H22ClF3N4O3S.C17H14BrClFN3O2S/c1-2-33-21(32)17-15(10-30-7-5-16(31)22(25,26)11-30)28-19(20-27-6-8-34-20)29-18(17)13-4-3-12(24)9-14(13)23;1-2-25-17(24)13-12(8-18)22-15(16-21-5-6-26-16)23-14(13)10-4-3-9(20)7-11(10)19/h3-4,6,8-9,16,18,31H,2,5,7,10-11H2,1H3,(H,28,29);3-7,14H,2,8H2,1H3,(H,22,23)/t16?,18-;14-/m11/s1. The van der Waals surface area contributed by atoms with Crippen molar-refractivity contribution in [2.75, 3.05) is 38.2 Å². The van der Waals surface area contributed by atoms with Crippen LogP contribution >= 0.6 is 61.8 Å². The maximum atomic E-state index is 14.2. The van der Waals surface area contributed by atoms with Gasteiger partial charge < -0.3 is 25.2 Å². The number of hydrogen-bond acceptors (Lipinski definition) is 14. The first-order valence-electron chi connectivity index (χ1n) is 18.3. The van der Waals surface area contributed by atoms with E-state index < -0.39 is 54.2 Å². The number of aliphatic hydroxyl groups is 1. The highest BCUT2D eigenvalue weighted by Crippen LogP contribution is 2.39. The number of hydrogen-bond donors (Lipinski definition) is 3. The van der Waals surface area contributed by atoms with E-state index in [2.05, 4.69) is 46.5 Å². The highest BCUT2D eigenvalue weighted by atomic mass is 79.9. The van der Waals surface area contributed by atoms with E-state index >= 15 is 0 Å². The van der Waals surface area contributed by atoms with Crippen molar-refractivity contribution in [1.82, 2.24) is 25.5 Å². The van der Waals surface area contributed by atoms with Crippen molar-refractivity contribution >= 4 is 85.4 Å². The van der Waals surface area contributed by atoms with Gasteiger partial charge in [0.2, 0.25) is 0 Å². The fraction of sp³-hybridized carbons (Fsp3) is 0.333. The third-order valence-corrected chi connectivity index (χ3v) is 12.0. The molecule has 4 aromatic rings. The molecule has 1 unspecified atom stereocenters. The highest BCUT2D eigenvalue weighted by molar-refractivity contribution is 9.09. The molecular formula is C39H36BrCl2F4N7O5S2. The molecule has 60 heavy (non-hydrogen) atoms.